The summed E-state index contributed by atoms with van der Waals surface area (Å²) < 4.78 is 6.33. The summed E-state index contributed by atoms with van der Waals surface area (Å²) >= 11 is 0. The fourth-order valence-corrected chi connectivity index (χ4v) is 5.55. The number of aliphatic hydroxyl groups is 1. The van der Waals surface area contributed by atoms with E-state index in [9.17, 15) is 14.7 Å². The molecule has 31 heavy (non-hydrogen) atoms. The lowest BCUT2D eigenvalue weighted by atomic mass is 9.65. The molecule has 160 valence electrons. The number of aliphatic hydroxyl groups excluding tert-OH is 1. The van der Waals surface area contributed by atoms with Crippen molar-refractivity contribution in [1.82, 2.24) is 0 Å². The Kier molecular flexibility index (Phi) is 4.24. The van der Waals surface area contributed by atoms with Crippen LogP contribution in [0.2, 0.25) is 0 Å². The first kappa shape index (κ1) is 20.0. The van der Waals surface area contributed by atoms with Gasteiger partial charge in [-0.05, 0) is 27.7 Å². The second kappa shape index (κ2) is 6.56. The quantitative estimate of drug-likeness (QED) is 0.605. The van der Waals surface area contributed by atoms with Gasteiger partial charge in [0.2, 0.25) is 0 Å². The molecule has 0 spiro atoms. The number of benzene rings is 2. The van der Waals surface area contributed by atoms with Crippen molar-refractivity contribution in [2.24, 2.45) is 10.8 Å². The molecular weight excluding hydrogens is 388 g/mol. The molecule has 2 aromatic carbocycles. The van der Waals surface area contributed by atoms with Crippen LogP contribution in [-0.4, -0.2) is 16.7 Å². The number of carbonyl (C=O) groups is 2. The van der Waals surface area contributed by atoms with E-state index < -0.39 is 5.92 Å². The SMILES string of the molecule is CC1(C)CC(=O)C([C@@H]2C3=C(CC(C)(C)CC3=O)Oc3ccc4ccccc4c32)=C(O)C1. The maximum Gasteiger partial charge on any atom is 0.163 e. The van der Waals surface area contributed by atoms with Gasteiger partial charge in [0.25, 0.3) is 0 Å². The summed E-state index contributed by atoms with van der Waals surface area (Å²) in [4.78, 5) is 26.8. The normalized spacial score (nSPS) is 24.7. The maximum atomic E-state index is 13.4. The van der Waals surface area contributed by atoms with Crippen LogP contribution >= 0.6 is 0 Å². The number of ether oxygens (including phenoxy) is 1. The molecule has 2 aliphatic carbocycles. The van der Waals surface area contributed by atoms with Crippen molar-refractivity contribution in [2.75, 3.05) is 0 Å². The monoisotopic (exact) mass is 416 g/mol. The summed E-state index contributed by atoms with van der Waals surface area (Å²) in [7, 11) is 0. The first-order valence-electron chi connectivity index (χ1n) is 11.0. The molecule has 0 saturated carbocycles. The largest absolute Gasteiger partial charge is 0.512 e. The lowest BCUT2D eigenvalue weighted by molar-refractivity contribution is -0.119. The van der Waals surface area contributed by atoms with Crippen molar-refractivity contribution >= 4 is 22.3 Å². The van der Waals surface area contributed by atoms with Gasteiger partial charge < -0.3 is 9.84 Å². The second-order valence-electron chi connectivity index (χ2n) is 10.8. The molecule has 0 fully saturated rings. The number of carbonyl (C=O) groups excluding carboxylic acids is 2. The van der Waals surface area contributed by atoms with Crippen LogP contribution in [0.4, 0.5) is 0 Å². The number of Topliss-reactive ketones (excluding diaryl/α,β-unsaturated/α-hetero) is 2. The zero-order valence-electron chi connectivity index (χ0n) is 18.5. The molecule has 0 aromatic heterocycles. The molecule has 0 amide bonds. The molecule has 0 bridgehead atoms. The zero-order valence-corrected chi connectivity index (χ0v) is 18.5. The Morgan fingerprint density at radius 2 is 1.48 bits per heavy atom. The van der Waals surface area contributed by atoms with Crippen molar-refractivity contribution < 1.29 is 19.4 Å². The molecule has 1 N–H and O–H groups in total. The van der Waals surface area contributed by atoms with Crippen molar-refractivity contribution in [3.05, 3.63) is 64.6 Å². The lowest BCUT2D eigenvalue weighted by Crippen LogP contribution is -2.36. The number of allylic oxidation sites excluding steroid dienone is 4. The summed E-state index contributed by atoms with van der Waals surface area (Å²) in [6, 6.07) is 11.9. The van der Waals surface area contributed by atoms with E-state index in [1.54, 1.807) is 0 Å². The Morgan fingerprint density at radius 3 is 2.19 bits per heavy atom. The van der Waals surface area contributed by atoms with Crippen LogP contribution in [-0.2, 0) is 9.59 Å². The Morgan fingerprint density at radius 1 is 0.839 bits per heavy atom. The highest BCUT2D eigenvalue weighted by molar-refractivity contribution is 6.07. The summed E-state index contributed by atoms with van der Waals surface area (Å²) in [5.74, 6) is 0.767. The van der Waals surface area contributed by atoms with Gasteiger partial charge in [-0.2, -0.15) is 0 Å². The van der Waals surface area contributed by atoms with Crippen molar-refractivity contribution in [1.29, 1.82) is 0 Å². The van der Waals surface area contributed by atoms with Gasteiger partial charge in [-0.1, -0.05) is 58.0 Å². The first-order chi connectivity index (χ1) is 14.6. The zero-order chi connectivity index (χ0) is 22.1. The van der Waals surface area contributed by atoms with Crippen molar-refractivity contribution in [3.63, 3.8) is 0 Å². The Bertz CT molecular complexity index is 1210. The maximum absolute atomic E-state index is 13.4. The third-order valence-electron chi connectivity index (χ3n) is 6.81. The molecule has 4 nitrogen and oxygen atoms in total. The Labute approximate surface area is 182 Å². The average molecular weight is 417 g/mol. The van der Waals surface area contributed by atoms with Crippen LogP contribution in [0.1, 0.15) is 64.9 Å². The van der Waals surface area contributed by atoms with E-state index in [1.165, 1.54) is 0 Å². The van der Waals surface area contributed by atoms with Crippen LogP contribution in [0.25, 0.3) is 10.8 Å². The molecule has 5 rings (SSSR count). The van der Waals surface area contributed by atoms with Crippen LogP contribution in [0.15, 0.2) is 59.1 Å². The second-order valence-corrected chi connectivity index (χ2v) is 10.8. The fraction of sp³-hybridized carbons (Fsp3) is 0.407. The first-order valence-corrected chi connectivity index (χ1v) is 11.0. The van der Waals surface area contributed by atoms with Gasteiger partial charge >= 0.3 is 0 Å². The number of ketones is 2. The third-order valence-corrected chi connectivity index (χ3v) is 6.81. The summed E-state index contributed by atoms with van der Waals surface area (Å²) in [5, 5.41) is 13.1. The minimum Gasteiger partial charge on any atom is -0.512 e. The van der Waals surface area contributed by atoms with E-state index in [2.05, 4.69) is 13.8 Å². The predicted octanol–water partition coefficient (Wildman–Crippen LogP) is 6.16. The third kappa shape index (κ3) is 3.20. The minimum absolute atomic E-state index is 0.00719. The molecule has 1 aliphatic heterocycles. The van der Waals surface area contributed by atoms with E-state index in [-0.39, 0.29) is 28.2 Å². The van der Waals surface area contributed by atoms with Gasteiger partial charge in [0, 0.05) is 42.4 Å². The van der Waals surface area contributed by atoms with Gasteiger partial charge in [-0.3, -0.25) is 9.59 Å². The highest BCUT2D eigenvalue weighted by Crippen LogP contribution is 2.54. The summed E-state index contributed by atoms with van der Waals surface area (Å²) in [5.41, 5.74) is 1.25. The van der Waals surface area contributed by atoms with E-state index in [1.807, 2.05) is 50.2 Å². The van der Waals surface area contributed by atoms with Gasteiger partial charge in [0.1, 0.15) is 17.3 Å². The van der Waals surface area contributed by atoms with Crippen molar-refractivity contribution in [3.8, 4) is 5.75 Å². The average Bonchev–Trinajstić information content (AvgIpc) is 2.64. The molecule has 0 saturated heterocycles. The molecule has 0 unspecified atom stereocenters. The van der Waals surface area contributed by atoms with E-state index >= 15 is 0 Å². The minimum atomic E-state index is -0.586. The van der Waals surface area contributed by atoms with Crippen molar-refractivity contribution in [2.45, 2.75) is 59.3 Å². The Hall–Kier alpha value is -2.88. The van der Waals surface area contributed by atoms with Crippen LogP contribution < -0.4 is 4.74 Å². The number of fused-ring (bicyclic) bond motifs is 3. The Balaban J connectivity index is 1.82. The summed E-state index contributed by atoms with van der Waals surface area (Å²) in [6.45, 7) is 8.11. The van der Waals surface area contributed by atoms with Crippen LogP contribution in [0.5, 0.6) is 5.75 Å². The van der Waals surface area contributed by atoms with Gasteiger partial charge in [-0.15, -0.1) is 0 Å². The molecule has 1 heterocycles. The topological polar surface area (TPSA) is 63.6 Å². The van der Waals surface area contributed by atoms with Gasteiger partial charge in [-0.25, -0.2) is 0 Å². The number of rotatable bonds is 1. The highest BCUT2D eigenvalue weighted by Gasteiger charge is 2.47. The molecule has 2 aromatic rings. The van der Waals surface area contributed by atoms with Crippen LogP contribution in [0.3, 0.4) is 0 Å². The smallest absolute Gasteiger partial charge is 0.163 e. The summed E-state index contributed by atoms with van der Waals surface area (Å²) in [6.07, 6.45) is 1.81. The molecule has 4 heteroatoms. The van der Waals surface area contributed by atoms with Gasteiger partial charge in [0.15, 0.2) is 11.6 Å². The molecular formula is C27H28O4. The van der Waals surface area contributed by atoms with Crippen LogP contribution in [0, 0.1) is 10.8 Å². The molecule has 0 radical (unpaired) electrons. The van der Waals surface area contributed by atoms with E-state index in [0.717, 1.165) is 16.3 Å². The number of hydrogen-bond acceptors (Lipinski definition) is 4. The van der Waals surface area contributed by atoms with E-state index in [4.69, 9.17) is 4.74 Å². The molecule has 1 atom stereocenters. The van der Waals surface area contributed by atoms with E-state index in [0.29, 0.717) is 48.3 Å². The lowest BCUT2D eigenvalue weighted by Gasteiger charge is -2.40. The fourth-order valence-electron chi connectivity index (χ4n) is 5.55. The standard InChI is InChI=1S/C27H28O4/c1-26(2)11-17(28)23(18(29)12-26)25-22-16-8-6-5-7-15(16)9-10-20(22)31-21-14-27(3,4)13-19(30)24(21)25/h5-10,25,28H,11-14H2,1-4H3/t25-/m1/s1. The predicted molar refractivity (Wildman–Crippen MR) is 120 cm³/mol. The highest BCUT2D eigenvalue weighted by atomic mass is 16.5. The van der Waals surface area contributed by atoms with Gasteiger partial charge in [0.05, 0.1) is 5.92 Å². The number of hydrogen-bond donors (Lipinski definition) is 1. The molecule has 3 aliphatic rings.